The van der Waals surface area contributed by atoms with E-state index in [0.29, 0.717) is 12.8 Å². The standard InChI is InChI=1S/C9H12F3NO2S/c10-9(11,12)8-3-6(4-8)5-13(8)16(14,15)7-1-2-7/h6-7H,1-5H2. The molecular formula is C9H12F3NO2S. The molecule has 16 heavy (non-hydrogen) atoms. The Hall–Kier alpha value is -0.300. The van der Waals surface area contributed by atoms with Crippen LogP contribution in [0.4, 0.5) is 13.2 Å². The van der Waals surface area contributed by atoms with E-state index in [1.165, 1.54) is 0 Å². The first-order valence-corrected chi connectivity index (χ1v) is 6.86. The van der Waals surface area contributed by atoms with Gasteiger partial charge in [0.15, 0.2) is 0 Å². The van der Waals surface area contributed by atoms with E-state index in [1.807, 2.05) is 0 Å². The molecule has 2 heterocycles. The quantitative estimate of drug-likeness (QED) is 0.750. The van der Waals surface area contributed by atoms with Crippen molar-refractivity contribution in [2.45, 2.75) is 42.6 Å². The molecule has 2 saturated heterocycles. The molecule has 4 rings (SSSR count). The summed E-state index contributed by atoms with van der Waals surface area (Å²) in [6.07, 6.45) is -3.48. The first-order valence-electron chi connectivity index (χ1n) is 5.36. The van der Waals surface area contributed by atoms with Crippen LogP contribution in [0.2, 0.25) is 0 Å². The Morgan fingerprint density at radius 3 is 2.19 bits per heavy atom. The third-order valence-electron chi connectivity index (χ3n) is 3.93. The molecule has 2 aliphatic heterocycles. The first-order chi connectivity index (χ1) is 7.27. The van der Waals surface area contributed by atoms with E-state index in [4.69, 9.17) is 0 Å². The van der Waals surface area contributed by atoms with Crippen LogP contribution in [0.15, 0.2) is 0 Å². The number of fused-ring (bicyclic) bond motifs is 1. The Balaban J connectivity index is 1.97. The minimum absolute atomic E-state index is 0.0392. The summed E-state index contributed by atoms with van der Waals surface area (Å²) >= 11 is 0. The van der Waals surface area contributed by atoms with Gasteiger partial charge in [-0.1, -0.05) is 0 Å². The molecule has 2 aliphatic carbocycles. The summed E-state index contributed by atoms with van der Waals surface area (Å²) in [4.78, 5) is 0. The van der Waals surface area contributed by atoms with Crippen LogP contribution in [0.3, 0.4) is 0 Å². The van der Waals surface area contributed by atoms with Gasteiger partial charge in [0.25, 0.3) is 0 Å². The minimum atomic E-state index is -4.43. The lowest BCUT2D eigenvalue weighted by Crippen LogP contribution is -2.59. The Bertz CT molecular complexity index is 421. The maximum Gasteiger partial charge on any atom is 0.407 e. The molecule has 4 fully saturated rings. The van der Waals surface area contributed by atoms with E-state index >= 15 is 0 Å². The summed E-state index contributed by atoms with van der Waals surface area (Å²) in [6.45, 7) is 0.0678. The van der Waals surface area contributed by atoms with Gasteiger partial charge in [0.2, 0.25) is 10.0 Å². The lowest BCUT2D eigenvalue weighted by molar-refractivity contribution is -0.225. The van der Waals surface area contributed by atoms with Crippen LogP contribution in [0.1, 0.15) is 25.7 Å². The van der Waals surface area contributed by atoms with Crippen LogP contribution in [0, 0.1) is 5.92 Å². The first kappa shape index (κ1) is 10.8. The molecule has 0 radical (unpaired) electrons. The van der Waals surface area contributed by atoms with Crippen molar-refractivity contribution in [3.63, 3.8) is 0 Å². The molecule has 0 N–H and O–H groups in total. The topological polar surface area (TPSA) is 37.4 Å². The molecule has 0 aromatic rings. The molecule has 3 nitrogen and oxygen atoms in total. The van der Waals surface area contributed by atoms with Crippen LogP contribution in [-0.4, -0.2) is 36.2 Å². The molecule has 0 spiro atoms. The lowest BCUT2D eigenvalue weighted by atomic mass is 9.73. The molecule has 2 bridgehead atoms. The maximum atomic E-state index is 12.9. The van der Waals surface area contributed by atoms with Crippen molar-refractivity contribution in [1.82, 2.24) is 4.31 Å². The average Bonchev–Trinajstić information content (AvgIpc) is 2.74. The monoisotopic (exact) mass is 255 g/mol. The zero-order chi connectivity index (χ0) is 11.8. The Morgan fingerprint density at radius 2 is 1.75 bits per heavy atom. The number of nitrogens with zero attached hydrogens (tertiary/aromatic N) is 1. The van der Waals surface area contributed by atoms with Gasteiger partial charge < -0.3 is 0 Å². The molecule has 4 aliphatic rings. The number of hydrogen-bond acceptors (Lipinski definition) is 2. The van der Waals surface area contributed by atoms with Crippen molar-refractivity contribution in [3.8, 4) is 0 Å². The lowest BCUT2D eigenvalue weighted by Gasteiger charge is -2.42. The second kappa shape index (κ2) is 2.75. The van der Waals surface area contributed by atoms with E-state index in [0.717, 1.165) is 4.31 Å². The van der Waals surface area contributed by atoms with Crippen molar-refractivity contribution >= 4 is 10.0 Å². The Labute approximate surface area is 91.7 Å². The van der Waals surface area contributed by atoms with Gasteiger partial charge in [-0.25, -0.2) is 8.42 Å². The number of rotatable bonds is 2. The summed E-state index contributed by atoms with van der Waals surface area (Å²) in [5.74, 6) is -0.0878. The van der Waals surface area contributed by atoms with Gasteiger partial charge in [-0.2, -0.15) is 17.5 Å². The van der Waals surface area contributed by atoms with E-state index in [1.54, 1.807) is 0 Å². The van der Waals surface area contributed by atoms with E-state index < -0.39 is 27.0 Å². The highest BCUT2D eigenvalue weighted by Gasteiger charge is 2.73. The predicted octanol–water partition coefficient (Wildman–Crippen LogP) is 1.51. The second-order valence-electron chi connectivity index (χ2n) is 5.08. The summed E-state index contributed by atoms with van der Waals surface area (Å²) in [6, 6.07) is 0. The SMILES string of the molecule is O=S(=O)(C1CC1)N1CC2CC1(C(F)(F)F)C2. The van der Waals surface area contributed by atoms with Crippen molar-refractivity contribution in [2.75, 3.05) is 6.54 Å². The third-order valence-corrected chi connectivity index (χ3v) is 6.36. The maximum absolute atomic E-state index is 12.9. The fraction of sp³-hybridized carbons (Fsp3) is 1.00. The highest BCUT2D eigenvalue weighted by Crippen LogP contribution is 2.60. The summed E-state index contributed by atoms with van der Waals surface area (Å²) < 4.78 is 63.4. The smallest absolute Gasteiger partial charge is 0.212 e. The fourth-order valence-corrected chi connectivity index (χ4v) is 5.15. The minimum Gasteiger partial charge on any atom is -0.212 e. The largest absolute Gasteiger partial charge is 0.407 e. The number of sulfonamides is 1. The average molecular weight is 255 g/mol. The third kappa shape index (κ3) is 1.16. The summed E-state index contributed by atoms with van der Waals surface area (Å²) in [5, 5.41) is -0.550. The summed E-state index contributed by atoms with van der Waals surface area (Å²) in [5.41, 5.74) is -2.06. The highest BCUT2D eigenvalue weighted by molar-refractivity contribution is 7.90. The van der Waals surface area contributed by atoms with Crippen LogP contribution >= 0.6 is 0 Å². The van der Waals surface area contributed by atoms with Crippen LogP contribution in [0.25, 0.3) is 0 Å². The molecule has 0 aromatic heterocycles. The van der Waals surface area contributed by atoms with Gasteiger partial charge in [0.05, 0.1) is 5.25 Å². The van der Waals surface area contributed by atoms with Crippen molar-refractivity contribution in [2.24, 2.45) is 5.92 Å². The van der Waals surface area contributed by atoms with Crippen molar-refractivity contribution < 1.29 is 21.6 Å². The number of halogens is 3. The van der Waals surface area contributed by atoms with Gasteiger partial charge in [0, 0.05) is 6.54 Å². The highest BCUT2D eigenvalue weighted by atomic mass is 32.2. The van der Waals surface area contributed by atoms with Gasteiger partial charge in [-0.3, -0.25) is 0 Å². The van der Waals surface area contributed by atoms with Crippen molar-refractivity contribution in [1.29, 1.82) is 0 Å². The van der Waals surface area contributed by atoms with Gasteiger partial charge in [-0.05, 0) is 31.6 Å². The molecule has 92 valence electrons. The molecule has 7 heteroatoms. The molecule has 0 unspecified atom stereocenters. The van der Waals surface area contributed by atoms with Gasteiger partial charge in [0.1, 0.15) is 5.54 Å². The van der Waals surface area contributed by atoms with E-state index in [9.17, 15) is 21.6 Å². The molecule has 0 amide bonds. The zero-order valence-electron chi connectivity index (χ0n) is 8.50. The van der Waals surface area contributed by atoms with Gasteiger partial charge >= 0.3 is 6.18 Å². The molecular weight excluding hydrogens is 243 g/mol. The van der Waals surface area contributed by atoms with E-state index in [-0.39, 0.29) is 25.3 Å². The Kier molecular flexibility index (Phi) is 1.86. The van der Waals surface area contributed by atoms with Gasteiger partial charge in [-0.15, -0.1) is 0 Å². The second-order valence-corrected chi connectivity index (χ2v) is 7.22. The van der Waals surface area contributed by atoms with Crippen LogP contribution < -0.4 is 0 Å². The number of hydrogen-bond donors (Lipinski definition) is 0. The number of alkyl halides is 3. The van der Waals surface area contributed by atoms with Crippen molar-refractivity contribution in [3.05, 3.63) is 0 Å². The fourth-order valence-electron chi connectivity index (χ4n) is 2.90. The van der Waals surface area contributed by atoms with E-state index in [2.05, 4.69) is 0 Å². The van der Waals surface area contributed by atoms with Crippen LogP contribution in [0.5, 0.6) is 0 Å². The predicted molar refractivity (Wildman–Crippen MR) is 50.2 cm³/mol. The molecule has 0 atom stereocenters. The summed E-state index contributed by atoms with van der Waals surface area (Å²) in [7, 11) is -3.70. The molecule has 2 saturated carbocycles. The zero-order valence-corrected chi connectivity index (χ0v) is 9.31. The molecule has 0 aromatic carbocycles. The normalized spacial score (nSPS) is 39.8. The Morgan fingerprint density at radius 1 is 1.19 bits per heavy atom. The van der Waals surface area contributed by atoms with Crippen LogP contribution in [-0.2, 0) is 10.0 Å².